The smallest absolute Gasteiger partial charge is 0.330 e. The summed E-state index contributed by atoms with van der Waals surface area (Å²) in [5.41, 5.74) is 1.08. The number of nitrogens with one attached hydrogen (secondary N) is 2. The predicted octanol–water partition coefficient (Wildman–Crippen LogP) is 11.1. The monoisotopic (exact) mass is 2200 g/mol. The standard InChI is InChI=1S/C25H39FN3O6PS2.C10H16O2S2.C9H11FN2O4.C7H17ClNP.2CH4O.S13.2U/c1-15(2)29(16(3)4)36(33-13-18-11-32-12-19(18)14-37-38-25(6,7)8)35-22-17(5)34-23(21(22)26)28-10-9-20(30)27-24(28)31;1-10(2,3)14-13-7-9-6-12-5-8(9)4-11;1-4-7(14)6(10)8(16-4)12-3-2-5(13)11-9(12)15;1-6(2)9(7(3)4)10(5)8;2*1-2;1-3-5-7-9-11-13-12-10-8-6-4-2;;/h9-12,15-17,21-23H,13-14H2,1-8H3,(H,27,30,31);5-6,11H,4,7H2,1-3H3;2-4,6-8,14H,1H3,(H,11,13,15);6-7H,1-5H3;2*2H,1H3;;;/t17-,21+,22?,23-,36?;;4-,6+,7?,8-;;;;;;/m1.1....../s1/i5D;;1D;;2*2T;;;. The number of H-pyrrole nitrogens is 2. The van der Waals surface area contributed by atoms with Gasteiger partial charge in [-0.3, -0.25) is 33.4 Å². The third-order valence-corrected chi connectivity index (χ3v) is 44.0. The Balaban J connectivity index is -0.00000129. The molecule has 6 N–H and O–H groups in total. The van der Waals surface area contributed by atoms with Crippen LogP contribution in [0.15, 0.2) is 77.6 Å². The van der Waals surface area contributed by atoms with Gasteiger partial charge in [0, 0.05) is 291 Å². The normalized spacial score (nSPS) is 19.6. The summed E-state index contributed by atoms with van der Waals surface area (Å²) in [5, 5.41) is 25.4. The average Bonchev–Trinajstić information content (AvgIpc) is 1.67. The van der Waals surface area contributed by atoms with Gasteiger partial charge >= 0.3 is 11.4 Å². The van der Waals surface area contributed by atoms with Gasteiger partial charge in [-0.05, 0) is 75.9 Å². The molecule has 0 bridgehead atoms. The van der Waals surface area contributed by atoms with Crippen LogP contribution in [0.25, 0.3) is 0 Å². The van der Waals surface area contributed by atoms with Crippen molar-refractivity contribution in [3.8, 4) is 0 Å². The maximum Gasteiger partial charge on any atom is 0.330 e. The molecule has 0 aromatic carbocycles. The maximum absolute atomic E-state index is 15.8. The second kappa shape index (κ2) is 57.9. The summed E-state index contributed by atoms with van der Waals surface area (Å²) in [6, 6.07) is 3.34. The van der Waals surface area contributed by atoms with Gasteiger partial charge in [-0.15, -0.1) is 0 Å². The van der Waals surface area contributed by atoms with Crippen molar-refractivity contribution in [3.63, 3.8) is 0 Å². The molecule has 0 radical (unpaired) electrons. The first kappa shape index (κ1) is 96.0. The van der Waals surface area contributed by atoms with Crippen molar-refractivity contribution < 1.29 is 122 Å². The fraction of sp³-hybridized carbons (Fsp3) is 0.698. The van der Waals surface area contributed by atoms with Crippen LogP contribution in [0.5, 0.6) is 0 Å². The molecule has 2 aliphatic heterocycles. The Morgan fingerprint density at radius 3 is 1.38 bits per heavy atom. The summed E-state index contributed by atoms with van der Waals surface area (Å²) in [6.07, 6.45) is -1.78. The van der Waals surface area contributed by atoms with Crippen molar-refractivity contribution in [2.24, 2.45) is 0 Å². The number of rotatable bonds is 20. The maximum atomic E-state index is 15.8. The van der Waals surface area contributed by atoms with Gasteiger partial charge in [-0.25, -0.2) is 23.0 Å². The van der Waals surface area contributed by atoms with E-state index < -0.39 is 87.7 Å². The summed E-state index contributed by atoms with van der Waals surface area (Å²) in [7, 11) is 25.6. The van der Waals surface area contributed by atoms with Crippen LogP contribution < -0.4 is 22.5 Å². The molecule has 2 aliphatic rings. The van der Waals surface area contributed by atoms with Crippen molar-refractivity contribution in [2.75, 3.05) is 20.9 Å². The first-order valence-electron chi connectivity index (χ1n) is 30.2. The summed E-state index contributed by atoms with van der Waals surface area (Å²) in [4.78, 5) is 50.1. The number of aromatic amines is 2. The van der Waals surface area contributed by atoms with E-state index in [9.17, 15) is 28.7 Å². The Morgan fingerprint density at radius 2 is 1.04 bits per heavy atom. The van der Waals surface area contributed by atoms with Gasteiger partial charge in [0.1, 0.15) is 12.2 Å². The molecule has 558 valence electrons. The molecule has 2 fully saturated rings. The van der Waals surface area contributed by atoms with E-state index in [4.69, 9.17) is 71.7 Å². The number of alkyl halides is 2. The van der Waals surface area contributed by atoms with Gasteiger partial charge in [0.25, 0.3) is 19.6 Å². The minimum Gasteiger partial charge on any atom is -0.472 e. The van der Waals surface area contributed by atoms with Gasteiger partial charge in [0.15, 0.2) is 24.8 Å². The average molecular weight is 2200 g/mol. The van der Waals surface area contributed by atoms with Gasteiger partial charge in [-0.2, -0.15) is 0 Å². The Hall–Kier alpha value is 2.89. The fourth-order valence-corrected chi connectivity index (χ4v) is 41.3. The minimum absolute atomic E-state index is 0. The molecule has 0 saturated carbocycles. The third kappa shape index (κ3) is 42.4. The number of furan rings is 2. The number of halogens is 3. The molecule has 97 heavy (non-hydrogen) atoms. The van der Waals surface area contributed by atoms with Crippen LogP contribution in [0.2, 0.25) is 0 Å². The van der Waals surface area contributed by atoms with Gasteiger partial charge in [0.05, 0.1) is 57.9 Å². The van der Waals surface area contributed by atoms with E-state index in [-0.39, 0.29) is 111 Å². The number of nitrogens with zero attached hydrogens (tertiary/aromatic N) is 4. The van der Waals surface area contributed by atoms with Crippen LogP contribution in [-0.4, -0.2) is 143 Å². The Bertz CT molecular complexity index is 3640. The topological polar surface area (TPSA) is 260 Å². The van der Waals surface area contributed by atoms with E-state index in [1.54, 1.807) is 137 Å². The number of aliphatic hydroxyl groups is 4. The van der Waals surface area contributed by atoms with Crippen molar-refractivity contribution >= 4 is 190 Å². The molecule has 20 nitrogen and oxygen atoms in total. The van der Waals surface area contributed by atoms with Crippen molar-refractivity contribution in [1.82, 2.24) is 28.4 Å². The van der Waals surface area contributed by atoms with E-state index >= 15 is 4.39 Å². The molecule has 6 heterocycles. The van der Waals surface area contributed by atoms with Crippen LogP contribution in [0, 0.1) is 62.2 Å². The molecule has 0 amide bonds. The van der Waals surface area contributed by atoms with E-state index in [1.165, 1.54) is 38.2 Å². The Morgan fingerprint density at radius 1 is 0.670 bits per heavy atom. The Labute approximate surface area is 686 Å². The zero-order chi connectivity index (χ0) is 75.6. The SMILES string of the molecule is CC(C)(C)SSCc1cocc1CO.CC(C)N(C(C)C)P(C)Cl.S=S=S=S=S=S=S=S=S=S=S=S=S.[2H]C[C@H]1O[C@@H](n2ccc(=O)[nH]c2=O)[C@@H](F)C1O.[2H]C[C@H]1O[C@@H](n2ccc(=O)[nH]c2=O)[C@@H](F)C1OP(OCc1cocc1CSSC(C)(C)C)N(C(C)C)C(C)C.[3H]OC.[3H]OC.[U].[U]. The number of aromatic nitrogens is 4. The first-order valence-corrected chi connectivity index (χ1v) is 52.4. The van der Waals surface area contributed by atoms with E-state index in [2.05, 4.69) is 95.8 Å². The summed E-state index contributed by atoms with van der Waals surface area (Å²) in [5.74, 6) is 1.63. The number of hydrogen-bond donors (Lipinski definition) is 6. The second-order valence-corrected chi connectivity index (χ2v) is 51.8. The molecule has 0 aliphatic carbocycles. The molecular weight excluding hydrogens is 2100 g/mol. The van der Waals surface area contributed by atoms with Crippen molar-refractivity contribution in [2.45, 2.75) is 218 Å². The first-order chi connectivity index (χ1) is 46.6. The predicted molar refractivity (Wildman–Crippen MR) is 430 cm³/mol. The van der Waals surface area contributed by atoms with Crippen molar-refractivity contribution in [1.29, 1.82) is 2.86 Å². The molecule has 4 unspecified atom stereocenters. The third-order valence-electron chi connectivity index (χ3n) is 11.1. The van der Waals surface area contributed by atoms with E-state index in [0.29, 0.717) is 12.1 Å². The number of ether oxygens (including phenoxy) is 2. The van der Waals surface area contributed by atoms with Gasteiger partial charge < -0.3 is 47.8 Å². The zero-order valence-corrected chi connectivity index (χ0v) is 81.1. The van der Waals surface area contributed by atoms with Crippen LogP contribution in [0.4, 0.5) is 8.78 Å². The fourth-order valence-electron chi connectivity index (χ4n) is 7.67. The van der Waals surface area contributed by atoms with Crippen LogP contribution in [0.3, 0.4) is 0 Å². The van der Waals surface area contributed by atoms with Crippen LogP contribution in [0.1, 0.15) is 148 Å². The molecular formula is C53H91ClF2N6O14P2S17U2. The minimum atomic E-state index is -1.81. The zero-order valence-electron chi connectivity index (χ0n) is 60.3. The molecule has 0 spiro atoms. The second-order valence-electron chi connectivity index (χ2n) is 21.9. The molecule has 2 saturated heterocycles. The van der Waals surface area contributed by atoms with E-state index in [0.717, 1.165) is 61.2 Å². The molecule has 4 aromatic rings. The van der Waals surface area contributed by atoms with E-state index in [1.807, 2.05) is 48.1 Å². The Kier molecular flexibility index (Phi) is 57.3. The molecule has 44 heteroatoms. The van der Waals surface area contributed by atoms with Crippen LogP contribution >= 0.6 is 70.4 Å². The van der Waals surface area contributed by atoms with Gasteiger partial charge in [-0.1, -0.05) is 96.0 Å². The molecule has 4 aromatic heterocycles. The summed E-state index contributed by atoms with van der Waals surface area (Å²) in [6.45, 7) is 31.6. The number of hydrogen-bond acceptors (Lipinski definition) is 22. The molecule has 10 atom stereocenters. The quantitative estimate of drug-likeness (QED) is 0.0355. The van der Waals surface area contributed by atoms with Crippen molar-refractivity contribution in [3.05, 3.63) is 114 Å². The molecule has 6 rings (SSSR count). The van der Waals surface area contributed by atoms with Gasteiger partial charge in [0.2, 0.25) is 2.86 Å². The summed E-state index contributed by atoms with van der Waals surface area (Å²) < 4.78 is 96.5. The summed E-state index contributed by atoms with van der Waals surface area (Å²) >= 11 is 15.4. The van der Waals surface area contributed by atoms with Crippen LogP contribution in [-0.2, 0) is 163 Å². The number of aliphatic hydroxyl groups excluding tert-OH is 4. The largest absolute Gasteiger partial charge is 0.472 e.